The van der Waals surface area contributed by atoms with Crippen molar-refractivity contribution < 1.29 is 22.7 Å². The predicted octanol–water partition coefficient (Wildman–Crippen LogP) is 2.93. The Balaban J connectivity index is 1.69. The fourth-order valence-corrected chi connectivity index (χ4v) is 4.24. The van der Waals surface area contributed by atoms with E-state index in [0.29, 0.717) is 31.9 Å². The molecule has 1 aliphatic heterocycles. The number of hydrogen-bond acceptors (Lipinski definition) is 5. The second-order valence-corrected chi connectivity index (χ2v) is 8.44. The maximum absolute atomic E-state index is 12.6. The van der Waals surface area contributed by atoms with Crippen molar-refractivity contribution in [2.75, 3.05) is 26.3 Å². The molecule has 0 aromatic heterocycles. The second-order valence-electron chi connectivity index (χ2n) is 6.50. The van der Waals surface area contributed by atoms with Gasteiger partial charge in [0.25, 0.3) is 0 Å². The van der Waals surface area contributed by atoms with Crippen molar-refractivity contribution in [3.63, 3.8) is 0 Å². The first-order chi connectivity index (χ1) is 12.9. The van der Waals surface area contributed by atoms with Gasteiger partial charge in [0, 0.05) is 13.1 Å². The van der Waals surface area contributed by atoms with Gasteiger partial charge in [-0.25, -0.2) is 13.2 Å². The van der Waals surface area contributed by atoms with Crippen molar-refractivity contribution in [2.24, 2.45) is 0 Å². The highest BCUT2D eigenvalue weighted by atomic mass is 32.2. The third kappa shape index (κ3) is 4.55. The average molecular weight is 389 g/mol. The molecule has 0 N–H and O–H groups in total. The zero-order valence-electron chi connectivity index (χ0n) is 15.4. The Bertz CT molecular complexity index is 885. The molecule has 6 nitrogen and oxygen atoms in total. The van der Waals surface area contributed by atoms with Crippen LogP contribution in [0.3, 0.4) is 0 Å². The van der Waals surface area contributed by atoms with Crippen molar-refractivity contribution in [1.82, 2.24) is 4.31 Å². The van der Waals surface area contributed by atoms with Gasteiger partial charge in [-0.1, -0.05) is 29.8 Å². The number of benzene rings is 2. The van der Waals surface area contributed by atoms with E-state index in [-0.39, 0.29) is 4.90 Å². The van der Waals surface area contributed by atoms with E-state index in [0.717, 1.165) is 11.1 Å². The molecular formula is C20H23NO5S. The Morgan fingerprint density at radius 3 is 2.22 bits per heavy atom. The van der Waals surface area contributed by atoms with Gasteiger partial charge < -0.3 is 9.47 Å². The summed E-state index contributed by atoms with van der Waals surface area (Å²) in [6, 6.07) is 13.6. The smallest absolute Gasteiger partial charge is 0.338 e. The van der Waals surface area contributed by atoms with E-state index >= 15 is 0 Å². The lowest BCUT2D eigenvalue weighted by Gasteiger charge is -2.26. The molecule has 1 aliphatic rings. The number of nitrogens with zero attached hydrogens (tertiary/aromatic N) is 1. The summed E-state index contributed by atoms with van der Waals surface area (Å²) in [6.45, 7) is 5.24. The Morgan fingerprint density at radius 1 is 1.04 bits per heavy atom. The van der Waals surface area contributed by atoms with Crippen LogP contribution in [0.2, 0.25) is 0 Å². The average Bonchev–Trinajstić information content (AvgIpc) is 2.69. The lowest BCUT2D eigenvalue weighted by atomic mass is 10.1. The number of carbonyl (C=O) groups excluding carboxylic acids is 1. The number of ether oxygens (including phenoxy) is 2. The highest BCUT2D eigenvalue weighted by molar-refractivity contribution is 7.89. The van der Waals surface area contributed by atoms with E-state index in [1.54, 1.807) is 6.92 Å². The number of carbonyl (C=O) groups is 1. The first-order valence-corrected chi connectivity index (χ1v) is 10.3. The molecule has 2 aromatic carbocycles. The summed E-state index contributed by atoms with van der Waals surface area (Å²) in [5.41, 5.74) is 2.35. The number of morpholine rings is 1. The van der Waals surface area contributed by atoms with Gasteiger partial charge in [0.05, 0.1) is 23.7 Å². The predicted molar refractivity (Wildman–Crippen MR) is 101 cm³/mol. The SMILES string of the molecule is Cc1ccc([C@@H](C)OC(=O)c2ccc(S(=O)(=O)N3CCOCC3)cc2)cc1. The monoisotopic (exact) mass is 389 g/mol. The van der Waals surface area contributed by atoms with Crippen molar-refractivity contribution in [3.05, 3.63) is 65.2 Å². The third-order valence-electron chi connectivity index (χ3n) is 4.53. The fourth-order valence-electron chi connectivity index (χ4n) is 2.83. The van der Waals surface area contributed by atoms with E-state index in [2.05, 4.69) is 0 Å². The molecule has 1 atom stereocenters. The summed E-state index contributed by atoms with van der Waals surface area (Å²) < 4.78 is 37.3. The molecule has 3 rings (SSSR count). The van der Waals surface area contributed by atoms with Gasteiger partial charge in [-0.3, -0.25) is 0 Å². The van der Waals surface area contributed by atoms with Gasteiger partial charge in [-0.05, 0) is 43.7 Å². The Kier molecular flexibility index (Phi) is 5.94. The van der Waals surface area contributed by atoms with Crippen LogP contribution >= 0.6 is 0 Å². The van der Waals surface area contributed by atoms with Crippen molar-refractivity contribution in [3.8, 4) is 0 Å². The second kappa shape index (κ2) is 8.21. The molecule has 7 heteroatoms. The largest absolute Gasteiger partial charge is 0.454 e. The van der Waals surface area contributed by atoms with E-state index < -0.39 is 22.1 Å². The quantitative estimate of drug-likeness (QED) is 0.735. The third-order valence-corrected chi connectivity index (χ3v) is 6.44. The Morgan fingerprint density at radius 2 is 1.63 bits per heavy atom. The van der Waals surface area contributed by atoms with Crippen LogP contribution in [-0.4, -0.2) is 45.0 Å². The van der Waals surface area contributed by atoms with Gasteiger partial charge in [-0.2, -0.15) is 4.31 Å². The number of aryl methyl sites for hydroxylation is 1. The topological polar surface area (TPSA) is 72.9 Å². The Hall–Kier alpha value is -2.22. The standard InChI is InChI=1S/C20H23NO5S/c1-15-3-5-17(6-4-15)16(2)26-20(22)18-7-9-19(10-8-18)27(23,24)21-11-13-25-14-12-21/h3-10,16H,11-14H2,1-2H3/t16-/m1/s1. The summed E-state index contributed by atoms with van der Waals surface area (Å²) >= 11 is 0. The molecule has 0 saturated carbocycles. The van der Waals surface area contributed by atoms with E-state index in [1.807, 2.05) is 31.2 Å². The molecule has 1 heterocycles. The van der Waals surface area contributed by atoms with E-state index in [1.165, 1.54) is 28.6 Å². The maximum Gasteiger partial charge on any atom is 0.338 e. The van der Waals surface area contributed by atoms with Gasteiger partial charge in [0.2, 0.25) is 10.0 Å². The molecular weight excluding hydrogens is 366 g/mol. The summed E-state index contributed by atoms with van der Waals surface area (Å²) in [5, 5.41) is 0. The number of rotatable bonds is 5. The molecule has 27 heavy (non-hydrogen) atoms. The van der Waals surface area contributed by atoms with Crippen LogP contribution in [-0.2, 0) is 19.5 Å². The zero-order valence-corrected chi connectivity index (χ0v) is 16.2. The fraction of sp³-hybridized carbons (Fsp3) is 0.350. The molecule has 2 aromatic rings. The van der Waals surface area contributed by atoms with Crippen molar-refractivity contribution >= 4 is 16.0 Å². The molecule has 0 aliphatic carbocycles. The number of hydrogen-bond donors (Lipinski definition) is 0. The molecule has 0 amide bonds. The molecule has 144 valence electrons. The van der Waals surface area contributed by atoms with E-state index in [4.69, 9.17) is 9.47 Å². The molecule has 1 fully saturated rings. The van der Waals surface area contributed by atoms with Crippen molar-refractivity contribution in [2.45, 2.75) is 24.8 Å². The first-order valence-electron chi connectivity index (χ1n) is 8.83. The van der Waals surface area contributed by atoms with Gasteiger partial charge in [-0.15, -0.1) is 0 Å². The Labute approximate surface area is 159 Å². The molecule has 0 radical (unpaired) electrons. The van der Waals surface area contributed by atoms with Crippen molar-refractivity contribution in [1.29, 1.82) is 0 Å². The van der Waals surface area contributed by atoms with Crippen LogP contribution in [0.4, 0.5) is 0 Å². The zero-order chi connectivity index (χ0) is 19.4. The minimum atomic E-state index is -3.57. The molecule has 1 saturated heterocycles. The molecule has 0 bridgehead atoms. The van der Waals surface area contributed by atoms with E-state index in [9.17, 15) is 13.2 Å². The van der Waals surface area contributed by atoms with Gasteiger partial charge >= 0.3 is 5.97 Å². The lowest BCUT2D eigenvalue weighted by molar-refractivity contribution is 0.0337. The number of esters is 1. The van der Waals surface area contributed by atoms with Crippen LogP contribution in [0, 0.1) is 6.92 Å². The summed E-state index contributed by atoms with van der Waals surface area (Å²) in [6.07, 6.45) is -0.394. The summed E-state index contributed by atoms with van der Waals surface area (Å²) in [5.74, 6) is -0.488. The molecule has 0 spiro atoms. The normalized spacial score (nSPS) is 16.7. The first kappa shape index (κ1) is 19.5. The van der Waals surface area contributed by atoms with Crippen LogP contribution in [0.1, 0.15) is 34.5 Å². The van der Waals surface area contributed by atoms with Crippen LogP contribution in [0.5, 0.6) is 0 Å². The summed E-state index contributed by atoms with van der Waals surface area (Å²) in [4.78, 5) is 12.5. The minimum Gasteiger partial charge on any atom is -0.454 e. The van der Waals surface area contributed by atoms with Gasteiger partial charge in [0.15, 0.2) is 0 Å². The minimum absolute atomic E-state index is 0.160. The number of sulfonamides is 1. The van der Waals surface area contributed by atoms with Crippen LogP contribution in [0.15, 0.2) is 53.4 Å². The van der Waals surface area contributed by atoms with Crippen LogP contribution < -0.4 is 0 Å². The lowest BCUT2D eigenvalue weighted by Crippen LogP contribution is -2.40. The molecule has 0 unspecified atom stereocenters. The highest BCUT2D eigenvalue weighted by Crippen LogP contribution is 2.21. The summed E-state index contributed by atoms with van der Waals surface area (Å²) in [7, 11) is -3.57. The van der Waals surface area contributed by atoms with Gasteiger partial charge in [0.1, 0.15) is 6.10 Å². The maximum atomic E-state index is 12.6. The van der Waals surface area contributed by atoms with Crippen LogP contribution in [0.25, 0.3) is 0 Å². The highest BCUT2D eigenvalue weighted by Gasteiger charge is 2.26.